The van der Waals surface area contributed by atoms with Gasteiger partial charge in [-0.05, 0) is 51.1 Å². The number of benzene rings is 1. The van der Waals surface area contributed by atoms with Crippen LogP contribution in [0.5, 0.6) is 0 Å². The van der Waals surface area contributed by atoms with Gasteiger partial charge in [-0.3, -0.25) is 0 Å². The number of carboxylic acids is 1. The van der Waals surface area contributed by atoms with E-state index in [1.165, 1.54) is 32.0 Å². The number of aromatic carboxylic acids is 1. The normalized spacial score (nSPS) is 15.4. The van der Waals surface area contributed by atoms with Gasteiger partial charge < -0.3 is 20.6 Å². The van der Waals surface area contributed by atoms with Gasteiger partial charge in [-0.1, -0.05) is 0 Å². The lowest BCUT2D eigenvalue weighted by atomic mass is 10.1. The lowest BCUT2D eigenvalue weighted by molar-refractivity contribution is 0.0697. The number of nitrogens with zero attached hydrogens (tertiary/aromatic N) is 2. The third-order valence-corrected chi connectivity index (χ3v) is 3.88. The molecular weight excluding hydrogens is 254 g/mol. The molecule has 5 nitrogen and oxygen atoms in total. The maximum absolute atomic E-state index is 10.9. The second kappa shape index (κ2) is 6.61. The molecule has 1 aromatic carbocycles. The van der Waals surface area contributed by atoms with Crippen molar-refractivity contribution in [2.24, 2.45) is 0 Å². The summed E-state index contributed by atoms with van der Waals surface area (Å²) in [4.78, 5) is 15.6. The lowest BCUT2D eigenvalue weighted by Gasteiger charge is -2.27. The highest BCUT2D eigenvalue weighted by Gasteiger charge is 2.15. The van der Waals surface area contributed by atoms with Gasteiger partial charge in [0.15, 0.2) is 0 Å². The van der Waals surface area contributed by atoms with Gasteiger partial charge in [0, 0.05) is 19.6 Å². The van der Waals surface area contributed by atoms with Crippen LogP contribution in [0.3, 0.4) is 0 Å². The number of anilines is 2. The average Bonchev–Trinajstić information content (AvgIpc) is 2.93. The van der Waals surface area contributed by atoms with Crippen molar-refractivity contribution in [2.45, 2.75) is 19.8 Å². The minimum absolute atomic E-state index is 0.238. The van der Waals surface area contributed by atoms with Gasteiger partial charge in [0.1, 0.15) is 0 Å². The van der Waals surface area contributed by atoms with Gasteiger partial charge in [-0.25, -0.2) is 4.79 Å². The number of hydrogen-bond donors (Lipinski definition) is 2. The van der Waals surface area contributed by atoms with Gasteiger partial charge in [-0.2, -0.15) is 0 Å². The van der Waals surface area contributed by atoms with Gasteiger partial charge in [0.25, 0.3) is 0 Å². The molecule has 5 heteroatoms. The molecule has 0 atom stereocenters. The van der Waals surface area contributed by atoms with Crippen LogP contribution in [-0.2, 0) is 0 Å². The van der Waals surface area contributed by atoms with E-state index in [-0.39, 0.29) is 5.56 Å². The van der Waals surface area contributed by atoms with Gasteiger partial charge in [-0.15, -0.1) is 0 Å². The molecule has 1 heterocycles. The number of carboxylic acid groups (broad SMARTS) is 1. The highest BCUT2D eigenvalue weighted by atomic mass is 16.4. The zero-order valence-corrected chi connectivity index (χ0v) is 12.0. The molecule has 0 saturated carbocycles. The van der Waals surface area contributed by atoms with Crippen molar-refractivity contribution in [1.29, 1.82) is 0 Å². The molecule has 20 heavy (non-hydrogen) atoms. The third kappa shape index (κ3) is 3.42. The quantitative estimate of drug-likeness (QED) is 0.777. The van der Waals surface area contributed by atoms with E-state index in [9.17, 15) is 4.79 Å². The maximum atomic E-state index is 10.9. The molecule has 3 N–H and O–H groups in total. The van der Waals surface area contributed by atoms with Gasteiger partial charge in [0.2, 0.25) is 0 Å². The Morgan fingerprint density at radius 2 is 2.10 bits per heavy atom. The summed E-state index contributed by atoms with van der Waals surface area (Å²) in [6, 6.07) is 4.97. The number of hydrogen-bond acceptors (Lipinski definition) is 4. The summed E-state index contributed by atoms with van der Waals surface area (Å²) in [6.45, 7) is 7.29. The van der Waals surface area contributed by atoms with E-state index in [4.69, 9.17) is 10.8 Å². The summed E-state index contributed by atoms with van der Waals surface area (Å²) in [5.41, 5.74) is 7.70. The van der Waals surface area contributed by atoms with Crippen LogP contribution in [0, 0.1) is 0 Å². The van der Waals surface area contributed by atoms with Crippen molar-refractivity contribution in [2.75, 3.05) is 43.4 Å². The number of likely N-dealkylation sites (N-methyl/N-ethyl adjacent to an activating group) is 1. The summed E-state index contributed by atoms with van der Waals surface area (Å²) >= 11 is 0. The fourth-order valence-electron chi connectivity index (χ4n) is 2.69. The molecular formula is C15H23N3O2. The molecule has 1 aliphatic rings. The Kier molecular flexibility index (Phi) is 4.84. The van der Waals surface area contributed by atoms with Gasteiger partial charge in [0.05, 0.1) is 16.9 Å². The van der Waals surface area contributed by atoms with E-state index < -0.39 is 5.97 Å². The minimum atomic E-state index is -0.941. The molecule has 1 aromatic rings. The minimum Gasteiger partial charge on any atom is -0.478 e. The fourth-order valence-corrected chi connectivity index (χ4v) is 2.69. The summed E-state index contributed by atoms with van der Waals surface area (Å²) in [6.07, 6.45) is 2.59. The topological polar surface area (TPSA) is 69.8 Å². The summed E-state index contributed by atoms with van der Waals surface area (Å²) < 4.78 is 0. The first-order valence-electron chi connectivity index (χ1n) is 7.22. The summed E-state index contributed by atoms with van der Waals surface area (Å²) in [7, 11) is 0. The second-order valence-electron chi connectivity index (χ2n) is 5.21. The molecule has 1 saturated heterocycles. The first kappa shape index (κ1) is 14.7. The van der Waals surface area contributed by atoms with E-state index in [1.807, 2.05) is 6.07 Å². The largest absolute Gasteiger partial charge is 0.478 e. The van der Waals surface area contributed by atoms with Crippen LogP contribution >= 0.6 is 0 Å². The molecule has 0 aromatic heterocycles. The zero-order valence-electron chi connectivity index (χ0n) is 12.0. The molecule has 1 fully saturated rings. The van der Waals surface area contributed by atoms with E-state index >= 15 is 0 Å². The number of likely N-dealkylation sites (tertiary alicyclic amines) is 1. The zero-order chi connectivity index (χ0) is 14.5. The molecule has 0 radical (unpaired) electrons. The maximum Gasteiger partial charge on any atom is 0.335 e. The molecule has 110 valence electrons. The Labute approximate surface area is 120 Å². The number of carbonyl (C=O) groups is 1. The predicted molar refractivity (Wildman–Crippen MR) is 81.4 cm³/mol. The van der Waals surface area contributed by atoms with E-state index in [1.54, 1.807) is 6.07 Å². The Bertz CT molecular complexity index is 470. The Morgan fingerprint density at radius 3 is 2.65 bits per heavy atom. The van der Waals surface area contributed by atoms with Crippen molar-refractivity contribution in [3.63, 3.8) is 0 Å². The first-order valence-corrected chi connectivity index (χ1v) is 7.22. The Balaban J connectivity index is 2.04. The van der Waals surface area contributed by atoms with Crippen LogP contribution in [-0.4, -0.2) is 48.7 Å². The smallest absolute Gasteiger partial charge is 0.335 e. The Morgan fingerprint density at radius 1 is 1.40 bits per heavy atom. The van der Waals surface area contributed by atoms with Crippen LogP contribution in [0.25, 0.3) is 0 Å². The molecule has 0 spiro atoms. The molecule has 0 unspecified atom stereocenters. The standard InChI is InChI=1S/C15H23N3O2/c1-2-18(10-9-17-7-3-4-8-17)14-6-5-12(15(19)20)11-13(14)16/h5-6,11H,2-4,7-10,16H2,1H3,(H,19,20). The molecule has 1 aliphatic heterocycles. The number of nitrogen functional groups attached to an aromatic ring is 1. The fraction of sp³-hybridized carbons (Fsp3) is 0.533. The molecule has 0 amide bonds. The van der Waals surface area contributed by atoms with Crippen LogP contribution in [0.4, 0.5) is 11.4 Å². The van der Waals surface area contributed by atoms with Gasteiger partial charge >= 0.3 is 5.97 Å². The lowest BCUT2D eigenvalue weighted by Crippen LogP contribution is -2.34. The summed E-state index contributed by atoms with van der Waals surface area (Å²) in [5.74, 6) is -0.941. The first-order chi connectivity index (χ1) is 9.61. The highest BCUT2D eigenvalue weighted by molar-refractivity contribution is 5.90. The van der Waals surface area contributed by atoms with E-state index in [0.717, 1.165) is 25.3 Å². The SMILES string of the molecule is CCN(CCN1CCCC1)c1ccc(C(=O)O)cc1N. The monoisotopic (exact) mass is 277 g/mol. The van der Waals surface area contributed by atoms with E-state index in [2.05, 4.69) is 16.7 Å². The highest BCUT2D eigenvalue weighted by Crippen LogP contribution is 2.24. The van der Waals surface area contributed by atoms with Crippen LogP contribution in [0.1, 0.15) is 30.1 Å². The third-order valence-electron chi connectivity index (χ3n) is 3.88. The average molecular weight is 277 g/mol. The van der Waals surface area contributed by atoms with Crippen LogP contribution < -0.4 is 10.6 Å². The Hall–Kier alpha value is -1.75. The predicted octanol–water partition coefficient (Wildman–Crippen LogP) is 1.89. The van der Waals surface area contributed by atoms with Crippen molar-refractivity contribution in [3.05, 3.63) is 23.8 Å². The van der Waals surface area contributed by atoms with Crippen LogP contribution in [0.15, 0.2) is 18.2 Å². The molecule has 0 bridgehead atoms. The van der Waals surface area contributed by atoms with Crippen LogP contribution in [0.2, 0.25) is 0 Å². The summed E-state index contributed by atoms with van der Waals surface area (Å²) in [5, 5.41) is 8.97. The molecule has 0 aliphatic carbocycles. The molecule has 2 rings (SSSR count). The van der Waals surface area contributed by atoms with E-state index in [0.29, 0.717) is 5.69 Å². The van der Waals surface area contributed by atoms with Crippen molar-refractivity contribution in [1.82, 2.24) is 4.90 Å². The van der Waals surface area contributed by atoms with Crippen molar-refractivity contribution in [3.8, 4) is 0 Å². The van der Waals surface area contributed by atoms with Crippen molar-refractivity contribution < 1.29 is 9.90 Å². The second-order valence-corrected chi connectivity index (χ2v) is 5.21. The number of nitrogens with two attached hydrogens (primary N) is 1. The van der Waals surface area contributed by atoms with Crippen molar-refractivity contribution >= 4 is 17.3 Å². The number of rotatable bonds is 6.